The predicted octanol–water partition coefficient (Wildman–Crippen LogP) is -0.0507. The van der Waals surface area contributed by atoms with Crippen LogP contribution >= 0.6 is 0 Å². The van der Waals surface area contributed by atoms with Crippen molar-refractivity contribution >= 4 is 29.2 Å². The summed E-state index contributed by atoms with van der Waals surface area (Å²) in [5, 5.41) is 18.6. The number of carboxylic acid groups (broad SMARTS) is 2. The molecule has 1 saturated heterocycles. The van der Waals surface area contributed by atoms with Gasteiger partial charge in [0.1, 0.15) is 0 Å². The third kappa shape index (κ3) is 3.52. The number of nitrogens with zero attached hydrogens (tertiary/aromatic N) is 6. The van der Waals surface area contributed by atoms with Crippen molar-refractivity contribution in [1.82, 2.24) is 24.0 Å². The Morgan fingerprint density at radius 2 is 1.84 bits per heavy atom. The monoisotopic (exact) mass is 430 g/mol. The van der Waals surface area contributed by atoms with Gasteiger partial charge in [-0.25, -0.2) is 9.59 Å². The SMILES string of the molecule is CC#CCn1c(N2CCN(C(=O)O)CC2)nc2nc(OC3(C(=O)O)CC3)n(C)c(=O)c21. The highest BCUT2D eigenvalue weighted by molar-refractivity contribution is 5.81. The standard InChI is InChI=1S/C19H22N6O6/c1-3-4-7-25-12-13(20-16(25)23-8-10-24(11-9-23)18(29)30)21-17(22(2)14(12)26)31-19(5-6-19)15(27)28/h5-11H2,1-2H3,(H,27,28)(H,29,30). The van der Waals surface area contributed by atoms with Crippen LogP contribution in [-0.2, 0) is 18.4 Å². The maximum Gasteiger partial charge on any atom is 0.407 e. The summed E-state index contributed by atoms with van der Waals surface area (Å²) in [5.74, 6) is 5.10. The molecular formula is C19H22N6O6. The smallest absolute Gasteiger partial charge is 0.407 e. The van der Waals surface area contributed by atoms with E-state index in [2.05, 4.69) is 21.8 Å². The van der Waals surface area contributed by atoms with Crippen molar-refractivity contribution < 1.29 is 24.5 Å². The molecule has 164 valence electrons. The molecule has 31 heavy (non-hydrogen) atoms. The Labute approximate surface area is 176 Å². The summed E-state index contributed by atoms with van der Waals surface area (Å²) in [5.41, 5.74) is -1.42. The number of amides is 1. The predicted molar refractivity (Wildman–Crippen MR) is 108 cm³/mol. The molecule has 1 saturated carbocycles. The van der Waals surface area contributed by atoms with Gasteiger partial charge in [0, 0.05) is 46.1 Å². The Morgan fingerprint density at radius 3 is 2.39 bits per heavy atom. The van der Waals surface area contributed by atoms with Crippen LogP contribution in [-0.4, -0.2) is 78.1 Å². The summed E-state index contributed by atoms with van der Waals surface area (Å²) in [6, 6.07) is -0.106. The lowest BCUT2D eigenvalue weighted by Crippen LogP contribution is -2.49. The zero-order chi connectivity index (χ0) is 22.3. The van der Waals surface area contributed by atoms with E-state index in [1.807, 2.05) is 4.90 Å². The lowest BCUT2D eigenvalue weighted by molar-refractivity contribution is -0.147. The van der Waals surface area contributed by atoms with Crippen LogP contribution in [0.4, 0.5) is 10.7 Å². The number of hydrogen-bond acceptors (Lipinski definition) is 7. The average Bonchev–Trinajstić information content (AvgIpc) is 3.44. The summed E-state index contributed by atoms with van der Waals surface area (Å²) in [6.07, 6.45) is -0.291. The normalized spacial score (nSPS) is 17.2. The van der Waals surface area contributed by atoms with Crippen LogP contribution in [0.2, 0.25) is 0 Å². The zero-order valence-electron chi connectivity index (χ0n) is 17.2. The van der Waals surface area contributed by atoms with E-state index in [4.69, 9.17) is 4.74 Å². The Balaban J connectivity index is 1.77. The number of carbonyl (C=O) groups is 2. The van der Waals surface area contributed by atoms with Crippen LogP contribution in [0.1, 0.15) is 19.8 Å². The summed E-state index contributed by atoms with van der Waals surface area (Å²) < 4.78 is 8.43. The van der Waals surface area contributed by atoms with Gasteiger partial charge in [-0.3, -0.25) is 13.9 Å². The maximum atomic E-state index is 13.1. The number of carboxylic acids is 1. The van der Waals surface area contributed by atoms with Crippen molar-refractivity contribution in [3.63, 3.8) is 0 Å². The molecule has 12 heteroatoms. The van der Waals surface area contributed by atoms with Gasteiger partial charge < -0.3 is 24.7 Å². The zero-order valence-corrected chi connectivity index (χ0v) is 17.2. The molecule has 2 fully saturated rings. The minimum Gasteiger partial charge on any atom is -0.478 e. The number of fused-ring (bicyclic) bond motifs is 1. The van der Waals surface area contributed by atoms with E-state index in [0.29, 0.717) is 45.0 Å². The number of hydrogen-bond donors (Lipinski definition) is 2. The molecule has 1 aliphatic carbocycles. The molecule has 0 aromatic carbocycles. The first kappa shape index (κ1) is 20.5. The second-order valence-electron chi connectivity index (χ2n) is 7.51. The van der Waals surface area contributed by atoms with Gasteiger partial charge in [-0.05, 0) is 6.92 Å². The first-order valence-corrected chi connectivity index (χ1v) is 9.79. The van der Waals surface area contributed by atoms with Crippen molar-refractivity contribution in [3.05, 3.63) is 10.4 Å². The van der Waals surface area contributed by atoms with Crippen LogP contribution in [0, 0.1) is 11.8 Å². The maximum absolute atomic E-state index is 13.1. The van der Waals surface area contributed by atoms with Gasteiger partial charge in [0.15, 0.2) is 11.2 Å². The highest BCUT2D eigenvalue weighted by Crippen LogP contribution is 2.40. The van der Waals surface area contributed by atoms with E-state index >= 15 is 0 Å². The van der Waals surface area contributed by atoms with Crippen LogP contribution < -0.4 is 15.2 Å². The molecule has 0 bridgehead atoms. The number of aromatic nitrogens is 4. The summed E-state index contributed by atoms with van der Waals surface area (Å²) in [6.45, 7) is 3.31. The van der Waals surface area contributed by atoms with E-state index in [0.717, 1.165) is 0 Å². The first-order chi connectivity index (χ1) is 14.8. The molecule has 4 rings (SSSR count). The molecule has 1 amide bonds. The Hall–Kier alpha value is -3.75. The lowest BCUT2D eigenvalue weighted by atomic mass is 10.3. The number of imidazole rings is 1. The Bertz CT molecular complexity index is 1180. The van der Waals surface area contributed by atoms with E-state index < -0.39 is 23.2 Å². The fourth-order valence-corrected chi connectivity index (χ4v) is 3.52. The minimum atomic E-state index is -1.35. The summed E-state index contributed by atoms with van der Waals surface area (Å²) >= 11 is 0. The summed E-state index contributed by atoms with van der Waals surface area (Å²) in [4.78, 5) is 47.9. The Kier molecular flexibility index (Phi) is 4.96. The van der Waals surface area contributed by atoms with Gasteiger partial charge in [-0.2, -0.15) is 9.97 Å². The van der Waals surface area contributed by atoms with E-state index in [-0.39, 0.29) is 23.7 Å². The molecule has 0 atom stereocenters. The van der Waals surface area contributed by atoms with Gasteiger partial charge >= 0.3 is 18.1 Å². The number of anilines is 1. The fourth-order valence-electron chi connectivity index (χ4n) is 3.52. The third-order valence-electron chi connectivity index (χ3n) is 5.55. The van der Waals surface area contributed by atoms with E-state index in [9.17, 15) is 24.6 Å². The van der Waals surface area contributed by atoms with Crippen molar-refractivity contribution in [1.29, 1.82) is 0 Å². The highest BCUT2D eigenvalue weighted by atomic mass is 16.5. The van der Waals surface area contributed by atoms with E-state index in [1.54, 1.807) is 11.5 Å². The van der Waals surface area contributed by atoms with Crippen LogP contribution in [0.15, 0.2) is 4.79 Å². The van der Waals surface area contributed by atoms with Crippen LogP contribution in [0.25, 0.3) is 11.2 Å². The van der Waals surface area contributed by atoms with E-state index in [1.165, 1.54) is 16.5 Å². The lowest BCUT2D eigenvalue weighted by Gasteiger charge is -2.33. The van der Waals surface area contributed by atoms with Crippen LogP contribution in [0.5, 0.6) is 6.01 Å². The quantitative estimate of drug-likeness (QED) is 0.624. The molecule has 2 aliphatic rings. The first-order valence-electron chi connectivity index (χ1n) is 9.79. The van der Waals surface area contributed by atoms with Crippen molar-refractivity contribution in [2.45, 2.75) is 31.9 Å². The van der Waals surface area contributed by atoms with Gasteiger partial charge in [-0.1, -0.05) is 5.92 Å². The molecule has 1 aliphatic heterocycles. The topological polar surface area (TPSA) is 143 Å². The number of piperazine rings is 1. The van der Waals surface area contributed by atoms with Gasteiger partial charge in [-0.15, -0.1) is 5.92 Å². The number of aliphatic carboxylic acids is 1. The van der Waals surface area contributed by atoms with Gasteiger partial charge in [0.05, 0.1) is 6.54 Å². The number of rotatable bonds is 5. The van der Waals surface area contributed by atoms with Crippen LogP contribution in [0.3, 0.4) is 0 Å². The van der Waals surface area contributed by atoms with Crippen molar-refractivity contribution in [3.8, 4) is 17.9 Å². The average molecular weight is 430 g/mol. The molecule has 2 aromatic heterocycles. The Morgan fingerprint density at radius 1 is 1.16 bits per heavy atom. The molecular weight excluding hydrogens is 408 g/mol. The third-order valence-corrected chi connectivity index (χ3v) is 5.55. The molecule has 3 heterocycles. The second kappa shape index (κ2) is 7.50. The second-order valence-corrected chi connectivity index (χ2v) is 7.51. The van der Waals surface area contributed by atoms with Gasteiger partial charge in [0.2, 0.25) is 11.5 Å². The van der Waals surface area contributed by atoms with Crippen molar-refractivity contribution in [2.24, 2.45) is 7.05 Å². The molecule has 0 spiro atoms. The molecule has 12 nitrogen and oxygen atoms in total. The largest absolute Gasteiger partial charge is 0.478 e. The molecule has 2 N–H and O–H groups in total. The fraction of sp³-hybridized carbons (Fsp3) is 0.526. The minimum absolute atomic E-state index is 0.106. The van der Waals surface area contributed by atoms with Gasteiger partial charge in [0.25, 0.3) is 5.56 Å². The highest BCUT2D eigenvalue weighted by Gasteiger charge is 2.54. The molecule has 0 unspecified atom stereocenters. The summed E-state index contributed by atoms with van der Waals surface area (Å²) in [7, 11) is 1.47. The number of ether oxygens (including phenoxy) is 1. The molecule has 2 aromatic rings. The van der Waals surface area contributed by atoms with Crippen molar-refractivity contribution in [2.75, 3.05) is 31.1 Å². The molecule has 0 radical (unpaired) electrons.